The molecule has 0 aromatic rings. The molecule has 17 nitrogen and oxygen atoms in total. The maximum Gasteiger partial charge on any atom is 0.437 e. The fraction of sp³-hybridized carbons (Fsp3) is 0.741. The first-order valence-corrected chi connectivity index (χ1v) is 37.4. The first-order chi connectivity index (χ1) is 48.2. The molecule has 23 heteroatoms. The van der Waals surface area contributed by atoms with Crippen LogP contribution in [0.15, 0.2) is 85.1 Å². The van der Waals surface area contributed by atoms with Crippen LogP contribution in [0.2, 0.25) is 0 Å². The number of halogens is 6. The van der Waals surface area contributed by atoms with Crippen LogP contribution in [-0.2, 0) is 76.2 Å². The topological polar surface area (TPSA) is 223 Å². The molecule has 2 aliphatic heterocycles. The number of hydrogen-bond acceptors (Lipinski definition) is 17. The Morgan fingerprint density at radius 1 is 0.442 bits per heavy atom. The summed E-state index contributed by atoms with van der Waals surface area (Å²) in [6.07, 6.45) is 14.6. The minimum absolute atomic E-state index is 0.106. The Balaban J connectivity index is 0.000000155. The summed E-state index contributed by atoms with van der Waals surface area (Å²) in [5, 5.41) is 10.5. The van der Waals surface area contributed by atoms with Crippen LogP contribution in [0.25, 0.3) is 0 Å². The lowest BCUT2D eigenvalue weighted by molar-refractivity contribution is -0.373. The molecule has 1 N–H and O–H groups in total. The summed E-state index contributed by atoms with van der Waals surface area (Å²) in [6.45, 7) is 40.9. The number of ether oxygens (including phenoxy) is 9. The van der Waals surface area contributed by atoms with Gasteiger partial charge in [-0.05, 0) is 275 Å². The summed E-state index contributed by atoms with van der Waals surface area (Å²) < 4.78 is 122. The quantitative estimate of drug-likeness (QED) is 0.0980. The highest BCUT2D eigenvalue weighted by Gasteiger charge is 2.74. The van der Waals surface area contributed by atoms with Gasteiger partial charge in [-0.15, -0.1) is 0 Å². The lowest BCUT2D eigenvalue weighted by Crippen LogP contribution is -2.60. The van der Waals surface area contributed by atoms with Gasteiger partial charge in [0.25, 0.3) is 0 Å². The number of hydrogen-bond donors (Lipinski definition) is 1. The Bertz CT molecular complexity index is 3080. The Morgan fingerprint density at radius 3 is 1.12 bits per heavy atom. The van der Waals surface area contributed by atoms with Gasteiger partial charge >= 0.3 is 59.7 Å². The van der Waals surface area contributed by atoms with Gasteiger partial charge in [-0.3, -0.25) is 0 Å². The highest BCUT2D eigenvalue weighted by molar-refractivity contribution is 5.90. The zero-order valence-corrected chi connectivity index (χ0v) is 62.8. The van der Waals surface area contributed by atoms with Gasteiger partial charge in [-0.25, -0.2) is 33.6 Å². The van der Waals surface area contributed by atoms with E-state index in [-0.39, 0.29) is 52.6 Å². The summed E-state index contributed by atoms with van der Waals surface area (Å²) in [6, 6.07) is 0. The SMILES string of the molecule is C=C(C)C(=O)OC(C)(C)C.C=C(C)C(=O)OC1(C)C2CC3CC(C2)CC1C3.C=C(C)C(=O)OC12CC3CC(CC(C3)C1)C2.C=C(C)C(=O)OC12CC3CC(CC(C3)C1)C2.C=C(C)C(=O)OC12CC3CC(CC(O)(C3)C1)C2.C=C1COCCC(C(F)(F)F)(C(F)(F)F)OC1=O.C=C1COCCCOC1=O. The fourth-order valence-corrected chi connectivity index (χ4v) is 20.3. The normalized spacial score (nSPS) is 35.9. The molecule has 18 fully saturated rings. The molecule has 16 saturated carbocycles. The van der Waals surface area contributed by atoms with Gasteiger partial charge in [0.15, 0.2) is 0 Å². The second-order valence-electron chi connectivity index (χ2n) is 34.8. The van der Waals surface area contributed by atoms with E-state index in [1.165, 1.54) is 77.0 Å². The minimum Gasteiger partial charge on any atom is -0.462 e. The van der Waals surface area contributed by atoms with Crippen molar-refractivity contribution >= 4 is 41.8 Å². The number of esters is 7. The molecule has 0 aromatic heterocycles. The van der Waals surface area contributed by atoms with E-state index in [1.54, 1.807) is 34.6 Å². The maximum absolute atomic E-state index is 12.6. The Morgan fingerprint density at radius 2 is 0.769 bits per heavy atom. The molecule has 18 rings (SSSR count). The number of aliphatic hydroxyl groups is 1. The van der Waals surface area contributed by atoms with Gasteiger partial charge in [0.05, 0.1) is 49.8 Å². The van der Waals surface area contributed by atoms with Gasteiger partial charge in [-0.2, -0.15) is 26.3 Å². The van der Waals surface area contributed by atoms with Crippen molar-refractivity contribution < 1.29 is 108 Å². The molecule has 0 aromatic carbocycles. The first-order valence-electron chi connectivity index (χ1n) is 37.4. The fourth-order valence-electron chi connectivity index (χ4n) is 20.3. The lowest BCUT2D eigenvalue weighted by atomic mass is 9.50. The van der Waals surface area contributed by atoms with E-state index in [0.29, 0.717) is 83.4 Å². The molecule has 0 radical (unpaired) electrons. The van der Waals surface area contributed by atoms with Crippen LogP contribution < -0.4 is 0 Å². The van der Waals surface area contributed by atoms with Crippen LogP contribution in [-0.4, -0.2) is 131 Å². The van der Waals surface area contributed by atoms with Gasteiger partial charge in [-0.1, -0.05) is 46.1 Å². The molecule has 582 valence electrons. The average Bonchev–Trinajstić information content (AvgIpc) is 0.742. The van der Waals surface area contributed by atoms with Crippen molar-refractivity contribution in [2.45, 2.75) is 274 Å². The second-order valence-corrected chi connectivity index (χ2v) is 34.8. The van der Waals surface area contributed by atoms with Crippen LogP contribution in [0, 0.1) is 71.0 Å². The number of rotatable bonds is 9. The predicted octanol–water partition coefficient (Wildman–Crippen LogP) is 16.4. The largest absolute Gasteiger partial charge is 0.462 e. The lowest BCUT2D eigenvalue weighted by Gasteiger charge is -2.59. The molecule has 0 amide bonds. The molecule has 18 aliphatic rings. The number of carbonyl (C=O) groups is 7. The zero-order valence-electron chi connectivity index (χ0n) is 62.8. The van der Waals surface area contributed by atoms with Crippen molar-refractivity contribution in [3.05, 3.63) is 85.1 Å². The Kier molecular flexibility index (Phi) is 26.3. The molecule has 2 unspecified atom stereocenters. The molecule has 104 heavy (non-hydrogen) atoms. The first kappa shape index (κ1) is 83.6. The van der Waals surface area contributed by atoms with Gasteiger partial charge in [0, 0.05) is 47.1 Å². The molecule has 2 saturated heterocycles. The predicted molar refractivity (Wildman–Crippen MR) is 375 cm³/mol. The van der Waals surface area contributed by atoms with Crippen LogP contribution in [0.5, 0.6) is 0 Å². The van der Waals surface area contributed by atoms with Crippen LogP contribution in [0.3, 0.4) is 0 Å². The molecule has 16 bridgehead atoms. The van der Waals surface area contributed by atoms with E-state index >= 15 is 0 Å². The van der Waals surface area contributed by atoms with Crippen LogP contribution in [0.1, 0.15) is 223 Å². The molecule has 2 atom stereocenters. The van der Waals surface area contributed by atoms with Crippen molar-refractivity contribution in [3.8, 4) is 0 Å². The van der Waals surface area contributed by atoms with Crippen molar-refractivity contribution in [1.29, 1.82) is 0 Å². The highest BCUT2D eigenvalue weighted by atomic mass is 19.4. The van der Waals surface area contributed by atoms with E-state index < -0.39 is 65.9 Å². The van der Waals surface area contributed by atoms with Crippen molar-refractivity contribution in [2.24, 2.45) is 71.0 Å². The Labute approximate surface area is 610 Å². The smallest absolute Gasteiger partial charge is 0.437 e. The zero-order chi connectivity index (χ0) is 77.1. The Hall–Kier alpha value is -6.07. The maximum atomic E-state index is 12.6. The van der Waals surface area contributed by atoms with Crippen LogP contribution >= 0.6 is 0 Å². The van der Waals surface area contributed by atoms with Gasteiger partial charge in [0.1, 0.15) is 28.0 Å². The van der Waals surface area contributed by atoms with E-state index in [4.69, 9.17) is 33.2 Å². The van der Waals surface area contributed by atoms with E-state index in [2.05, 4.69) is 62.5 Å². The highest BCUT2D eigenvalue weighted by Crippen LogP contribution is 2.62. The van der Waals surface area contributed by atoms with Crippen molar-refractivity contribution in [3.63, 3.8) is 0 Å². The van der Waals surface area contributed by atoms with Gasteiger partial charge < -0.3 is 47.7 Å². The second kappa shape index (κ2) is 32.8. The minimum atomic E-state index is -5.79. The molecule has 2 heterocycles. The summed E-state index contributed by atoms with van der Waals surface area (Å²) >= 11 is 0. The summed E-state index contributed by atoms with van der Waals surface area (Å²) in [4.78, 5) is 79.6. The van der Waals surface area contributed by atoms with E-state index in [0.717, 1.165) is 118 Å². The van der Waals surface area contributed by atoms with Crippen molar-refractivity contribution in [1.82, 2.24) is 0 Å². The third-order valence-corrected chi connectivity index (χ3v) is 23.7. The standard InChI is InChI=1S/C15H22O2.C14H20O3.2C14H20O2.C9H8F6O3.C8H14O2.C7H10O3/c1-9(2)14(16)17-15(3)12-5-10-4-11(7-12)8-13(15)6-10;1-9(2)12(15)17-14-6-10-3-11(7-14)5-13(16,4-10)8-14;2*1-9(2)13(15)16-14-6-10-3-11(7-14)5-12(4-10)8-14;1-5-4-17-3-2-7(8(10,11)12,9(13,14)15)18-6(5)16;1-6(2)7(9)10-8(3,4)5;1-6-5-9-3-2-4-10-7(6)8/h10-13H,1,4-8H2,2-3H3;10-11,16H,1,3-8H2,2H3;2*10-12H,1,3-8H2,2H3;1-4H2;1H2,2-5H3;1-5H2. The third-order valence-electron chi connectivity index (χ3n) is 23.7. The summed E-state index contributed by atoms with van der Waals surface area (Å²) in [5.41, 5.74) is -4.05. The van der Waals surface area contributed by atoms with Gasteiger partial charge in [0.2, 0.25) is 0 Å². The number of cyclic esters (lactones) is 2. The summed E-state index contributed by atoms with van der Waals surface area (Å²) in [5.74, 6) is 5.76. The third kappa shape index (κ3) is 21.0. The van der Waals surface area contributed by atoms with Crippen molar-refractivity contribution in [2.75, 3.05) is 33.0 Å². The molecule has 16 aliphatic carbocycles. The van der Waals surface area contributed by atoms with E-state index in [1.807, 2.05) is 20.8 Å². The average molecular weight is 1470 g/mol. The monoisotopic (exact) mass is 1470 g/mol. The van der Waals surface area contributed by atoms with Crippen LogP contribution in [0.4, 0.5) is 26.3 Å². The number of carbonyl (C=O) groups excluding carboxylic acids is 7. The molecular formula is C81H114F6O17. The molecule has 0 spiro atoms. The van der Waals surface area contributed by atoms with E-state index in [9.17, 15) is 65.0 Å². The molecular weight excluding hydrogens is 1360 g/mol. The summed E-state index contributed by atoms with van der Waals surface area (Å²) in [7, 11) is 0. The number of alkyl halides is 6.